The molecule has 0 unspecified atom stereocenters. The fraction of sp³-hybridized carbons (Fsp3) is 0. The molecule has 0 saturated carbocycles. The first-order valence-electron chi connectivity index (χ1n) is 3.94. The second kappa shape index (κ2) is 4.81. The fourth-order valence-electron chi connectivity index (χ4n) is 0.995. The second-order valence-electron chi connectivity index (χ2n) is 2.52. The Bertz CT molecular complexity index is 403. The van der Waals surface area contributed by atoms with Gasteiger partial charge < -0.3 is 10.1 Å². The van der Waals surface area contributed by atoms with Gasteiger partial charge in [0.15, 0.2) is 0 Å². The molecule has 0 spiro atoms. The van der Waals surface area contributed by atoms with Crippen molar-refractivity contribution < 1.29 is 14.7 Å². The van der Waals surface area contributed by atoms with Crippen molar-refractivity contribution in [2.75, 3.05) is 0 Å². The number of aromatic amines is 1. The van der Waals surface area contributed by atoms with E-state index < -0.39 is 5.97 Å². The molecule has 72 valence electrons. The number of carboxylic acids is 1. The van der Waals surface area contributed by atoms with E-state index in [2.05, 4.69) is 23.2 Å². The van der Waals surface area contributed by atoms with Gasteiger partial charge in [-0.2, -0.15) is 0 Å². The number of carbonyl (C=O) groups excluding carboxylic acids is 1. The second-order valence-corrected chi connectivity index (χ2v) is 2.52. The summed E-state index contributed by atoms with van der Waals surface area (Å²) in [7, 11) is 0. The standard InChI is InChI=1S/C8H7N.C2H2O3/c1-2-4-8-7(3-1)5-6-9-8;3-1-2(4)5/h1-6,9H;1H,(H,4,5). The lowest BCUT2D eigenvalue weighted by atomic mass is 10.3. The highest BCUT2D eigenvalue weighted by molar-refractivity contribution is 6.19. The van der Waals surface area contributed by atoms with Crippen LogP contribution in [0.5, 0.6) is 0 Å². The SMILES string of the molecule is O=CC(=O)O.c1ccc2[nH]ccc2c1. The molecule has 0 radical (unpaired) electrons. The van der Waals surface area contributed by atoms with Crippen LogP contribution in [0.1, 0.15) is 0 Å². The minimum Gasteiger partial charge on any atom is -0.476 e. The van der Waals surface area contributed by atoms with E-state index in [-0.39, 0.29) is 6.29 Å². The Labute approximate surface area is 80.2 Å². The zero-order chi connectivity index (χ0) is 10.4. The molecule has 0 saturated heterocycles. The lowest BCUT2D eigenvalue weighted by molar-refractivity contribution is -0.143. The van der Waals surface area contributed by atoms with Crippen LogP contribution < -0.4 is 0 Å². The van der Waals surface area contributed by atoms with Crippen molar-refractivity contribution in [2.24, 2.45) is 0 Å². The van der Waals surface area contributed by atoms with E-state index >= 15 is 0 Å². The number of para-hydroxylation sites is 1. The van der Waals surface area contributed by atoms with Crippen LogP contribution in [0.3, 0.4) is 0 Å². The van der Waals surface area contributed by atoms with Crippen molar-refractivity contribution in [1.82, 2.24) is 4.98 Å². The highest BCUT2D eigenvalue weighted by Gasteiger charge is 1.86. The van der Waals surface area contributed by atoms with Crippen molar-refractivity contribution in [2.45, 2.75) is 0 Å². The number of rotatable bonds is 1. The number of H-pyrrole nitrogens is 1. The maximum atomic E-state index is 9.00. The first kappa shape index (κ1) is 9.98. The van der Waals surface area contributed by atoms with Gasteiger partial charge in [-0.05, 0) is 17.5 Å². The van der Waals surface area contributed by atoms with Gasteiger partial charge >= 0.3 is 5.97 Å². The van der Waals surface area contributed by atoms with Crippen molar-refractivity contribution in [1.29, 1.82) is 0 Å². The number of aromatic nitrogens is 1. The van der Waals surface area contributed by atoms with E-state index in [0.29, 0.717) is 0 Å². The number of fused-ring (bicyclic) bond motifs is 1. The number of hydrogen-bond acceptors (Lipinski definition) is 2. The molecule has 1 aromatic heterocycles. The summed E-state index contributed by atoms with van der Waals surface area (Å²) >= 11 is 0. The summed E-state index contributed by atoms with van der Waals surface area (Å²) in [5.74, 6) is -1.43. The molecule has 1 heterocycles. The largest absolute Gasteiger partial charge is 0.476 e. The van der Waals surface area contributed by atoms with Crippen LogP contribution in [0.25, 0.3) is 10.9 Å². The summed E-state index contributed by atoms with van der Waals surface area (Å²) in [6, 6.07) is 10.3. The van der Waals surface area contributed by atoms with Crippen LogP contribution in [0.15, 0.2) is 36.5 Å². The Morgan fingerprint density at radius 2 is 1.93 bits per heavy atom. The zero-order valence-corrected chi connectivity index (χ0v) is 7.31. The predicted molar refractivity (Wildman–Crippen MR) is 52.0 cm³/mol. The predicted octanol–water partition coefficient (Wildman–Crippen LogP) is 1.44. The maximum absolute atomic E-state index is 9.00. The Kier molecular flexibility index (Phi) is 3.43. The average molecular weight is 191 g/mol. The Morgan fingerprint density at radius 1 is 1.29 bits per heavy atom. The lowest BCUT2D eigenvalue weighted by Crippen LogP contribution is -1.91. The van der Waals surface area contributed by atoms with E-state index in [1.807, 2.05) is 18.3 Å². The number of carbonyl (C=O) groups is 2. The molecule has 4 heteroatoms. The number of carboxylic acid groups (broad SMARTS) is 1. The van der Waals surface area contributed by atoms with Gasteiger partial charge in [-0.25, -0.2) is 4.79 Å². The molecule has 0 aliphatic rings. The minimum atomic E-state index is -1.43. The summed E-state index contributed by atoms with van der Waals surface area (Å²) in [6.45, 7) is 0. The van der Waals surface area contributed by atoms with Gasteiger partial charge in [-0.15, -0.1) is 0 Å². The van der Waals surface area contributed by atoms with Crippen molar-refractivity contribution in [3.05, 3.63) is 36.5 Å². The monoisotopic (exact) mass is 191 g/mol. The van der Waals surface area contributed by atoms with Gasteiger partial charge in [0.05, 0.1) is 0 Å². The van der Waals surface area contributed by atoms with Gasteiger partial charge in [-0.3, -0.25) is 4.79 Å². The highest BCUT2D eigenvalue weighted by Crippen LogP contribution is 2.09. The topological polar surface area (TPSA) is 70.2 Å². The van der Waals surface area contributed by atoms with Gasteiger partial charge in [-0.1, -0.05) is 18.2 Å². The molecule has 4 nitrogen and oxygen atoms in total. The third kappa shape index (κ3) is 2.75. The van der Waals surface area contributed by atoms with Gasteiger partial charge in [0.25, 0.3) is 0 Å². The molecular weight excluding hydrogens is 182 g/mol. The van der Waals surface area contributed by atoms with Crippen LogP contribution in [0.4, 0.5) is 0 Å². The van der Waals surface area contributed by atoms with Crippen LogP contribution in [-0.4, -0.2) is 22.3 Å². The quantitative estimate of drug-likeness (QED) is 0.529. The molecular formula is C10H9NO3. The van der Waals surface area contributed by atoms with Crippen molar-refractivity contribution >= 4 is 23.2 Å². The van der Waals surface area contributed by atoms with E-state index in [4.69, 9.17) is 14.7 Å². The minimum absolute atomic E-state index is 0.167. The number of nitrogens with one attached hydrogen (secondary N) is 1. The van der Waals surface area contributed by atoms with E-state index in [1.165, 1.54) is 10.9 Å². The molecule has 0 fully saturated rings. The first-order chi connectivity index (χ1) is 6.74. The summed E-state index contributed by atoms with van der Waals surface area (Å²) in [4.78, 5) is 21.0. The fourth-order valence-corrected chi connectivity index (χ4v) is 0.995. The molecule has 14 heavy (non-hydrogen) atoms. The smallest absolute Gasteiger partial charge is 0.368 e. The molecule has 2 aromatic rings. The van der Waals surface area contributed by atoms with Gasteiger partial charge in [0, 0.05) is 11.7 Å². The third-order valence-corrected chi connectivity index (χ3v) is 1.56. The van der Waals surface area contributed by atoms with Crippen molar-refractivity contribution in [3.8, 4) is 0 Å². The van der Waals surface area contributed by atoms with E-state index in [0.717, 1.165) is 0 Å². The molecule has 0 bridgehead atoms. The van der Waals surface area contributed by atoms with Crippen LogP contribution in [0, 0.1) is 0 Å². The molecule has 1 aromatic carbocycles. The first-order valence-corrected chi connectivity index (χ1v) is 3.94. The number of benzene rings is 1. The Morgan fingerprint density at radius 3 is 2.50 bits per heavy atom. The number of aldehydes is 1. The summed E-state index contributed by atoms with van der Waals surface area (Å²) in [6.07, 6.45) is 1.78. The maximum Gasteiger partial charge on any atom is 0.368 e. The number of hydrogen-bond donors (Lipinski definition) is 2. The summed E-state index contributed by atoms with van der Waals surface area (Å²) in [5, 5.41) is 8.63. The summed E-state index contributed by atoms with van der Waals surface area (Å²) < 4.78 is 0. The van der Waals surface area contributed by atoms with Gasteiger partial charge in [0.1, 0.15) is 0 Å². The van der Waals surface area contributed by atoms with Crippen molar-refractivity contribution in [3.63, 3.8) is 0 Å². The zero-order valence-electron chi connectivity index (χ0n) is 7.31. The Hall–Kier alpha value is -2.10. The molecule has 0 aliphatic heterocycles. The normalized spacial score (nSPS) is 8.86. The molecule has 0 aliphatic carbocycles. The number of aliphatic carboxylic acids is 1. The summed E-state index contributed by atoms with van der Waals surface area (Å²) in [5.41, 5.74) is 1.21. The van der Waals surface area contributed by atoms with E-state index in [1.54, 1.807) is 0 Å². The van der Waals surface area contributed by atoms with Crippen LogP contribution in [0.2, 0.25) is 0 Å². The Balaban J connectivity index is 0.000000171. The van der Waals surface area contributed by atoms with Crippen LogP contribution >= 0.6 is 0 Å². The lowest BCUT2D eigenvalue weighted by Gasteiger charge is -1.83. The molecule has 0 amide bonds. The van der Waals surface area contributed by atoms with Crippen LogP contribution in [-0.2, 0) is 9.59 Å². The van der Waals surface area contributed by atoms with Gasteiger partial charge in [0.2, 0.25) is 6.29 Å². The van der Waals surface area contributed by atoms with E-state index in [9.17, 15) is 0 Å². The molecule has 2 N–H and O–H groups in total. The molecule has 2 rings (SSSR count). The third-order valence-electron chi connectivity index (χ3n) is 1.56. The highest BCUT2D eigenvalue weighted by atomic mass is 16.4. The average Bonchev–Trinajstić information content (AvgIpc) is 2.66. The molecule has 0 atom stereocenters.